The summed E-state index contributed by atoms with van der Waals surface area (Å²) in [6.45, 7) is 1.96. The zero-order valence-electron chi connectivity index (χ0n) is 11.7. The molecule has 2 rings (SSSR count). The van der Waals surface area contributed by atoms with Crippen molar-refractivity contribution in [1.82, 2.24) is 4.90 Å². The van der Waals surface area contributed by atoms with Gasteiger partial charge in [-0.2, -0.15) is 0 Å². The molecule has 1 unspecified atom stereocenters. The van der Waals surface area contributed by atoms with Crippen LogP contribution < -0.4 is 11.1 Å². The average molecular weight is 261 g/mol. The van der Waals surface area contributed by atoms with Crippen molar-refractivity contribution >= 4 is 17.3 Å². The summed E-state index contributed by atoms with van der Waals surface area (Å²) < 4.78 is 0. The molecule has 1 fully saturated rings. The molecule has 3 N–H and O–H groups in total. The molecule has 1 aromatic carbocycles. The minimum atomic E-state index is -0.121. The quantitative estimate of drug-likeness (QED) is 0.819. The summed E-state index contributed by atoms with van der Waals surface area (Å²) in [5.41, 5.74) is 7.13. The van der Waals surface area contributed by atoms with Gasteiger partial charge in [0.15, 0.2) is 0 Å². The lowest BCUT2D eigenvalue weighted by Crippen LogP contribution is -2.44. The fourth-order valence-corrected chi connectivity index (χ4v) is 2.68. The van der Waals surface area contributed by atoms with Crippen LogP contribution in [0.5, 0.6) is 0 Å². The summed E-state index contributed by atoms with van der Waals surface area (Å²) in [4.78, 5) is 14.4. The lowest BCUT2D eigenvalue weighted by atomic mass is 10.1. The molecule has 1 aliphatic carbocycles. The van der Waals surface area contributed by atoms with Crippen molar-refractivity contribution in [1.29, 1.82) is 0 Å². The maximum absolute atomic E-state index is 12.2. The van der Waals surface area contributed by atoms with Crippen LogP contribution >= 0.6 is 0 Å². The van der Waals surface area contributed by atoms with Gasteiger partial charge in [0.25, 0.3) is 0 Å². The number of hydrogen-bond acceptors (Lipinski definition) is 3. The highest BCUT2D eigenvalue weighted by Crippen LogP contribution is 2.24. The number of carbonyl (C=O) groups excluding carboxylic acids is 1. The Morgan fingerprint density at radius 1 is 1.42 bits per heavy atom. The fraction of sp³-hybridized carbons (Fsp3) is 0.533. The molecular weight excluding hydrogens is 238 g/mol. The van der Waals surface area contributed by atoms with E-state index in [2.05, 4.69) is 10.2 Å². The number of likely N-dealkylation sites (N-methyl/N-ethyl adjacent to an activating group) is 1. The van der Waals surface area contributed by atoms with E-state index in [4.69, 9.17) is 5.73 Å². The van der Waals surface area contributed by atoms with Gasteiger partial charge in [0.1, 0.15) is 0 Å². The monoisotopic (exact) mass is 261 g/mol. The molecule has 1 saturated carbocycles. The molecular formula is C15H23N3O. The third-order valence-electron chi connectivity index (χ3n) is 4.05. The van der Waals surface area contributed by atoms with Gasteiger partial charge in [-0.25, -0.2) is 0 Å². The molecule has 1 atom stereocenters. The summed E-state index contributed by atoms with van der Waals surface area (Å²) in [6.07, 6.45) is 4.95. The van der Waals surface area contributed by atoms with E-state index in [-0.39, 0.29) is 11.9 Å². The molecule has 0 spiro atoms. The summed E-state index contributed by atoms with van der Waals surface area (Å²) in [6, 6.07) is 7.71. The number of nitrogens with zero attached hydrogens (tertiary/aromatic N) is 1. The first-order chi connectivity index (χ1) is 9.08. The van der Waals surface area contributed by atoms with Crippen molar-refractivity contribution in [3.8, 4) is 0 Å². The molecule has 4 heteroatoms. The van der Waals surface area contributed by atoms with E-state index in [0.29, 0.717) is 11.7 Å². The predicted molar refractivity (Wildman–Crippen MR) is 79.0 cm³/mol. The van der Waals surface area contributed by atoms with Crippen LogP contribution in [-0.4, -0.2) is 29.9 Å². The molecule has 104 valence electrons. The zero-order chi connectivity index (χ0) is 13.8. The maximum Gasteiger partial charge on any atom is 0.241 e. The second-order valence-electron chi connectivity index (χ2n) is 5.39. The lowest BCUT2D eigenvalue weighted by molar-refractivity contribution is -0.121. The summed E-state index contributed by atoms with van der Waals surface area (Å²) in [5.74, 6) is 0.0278. The highest BCUT2D eigenvalue weighted by atomic mass is 16.2. The van der Waals surface area contributed by atoms with Crippen molar-refractivity contribution < 1.29 is 4.79 Å². The minimum Gasteiger partial charge on any atom is -0.399 e. The molecule has 0 aliphatic heterocycles. The van der Waals surface area contributed by atoms with Crippen LogP contribution in [0.25, 0.3) is 0 Å². The topological polar surface area (TPSA) is 58.4 Å². The maximum atomic E-state index is 12.2. The largest absolute Gasteiger partial charge is 0.399 e. The number of anilines is 2. The normalized spacial score (nSPS) is 17.6. The highest BCUT2D eigenvalue weighted by molar-refractivity contribution is 5.94. The molecule has 0 bridgehead atoms. The second-order valence-corrected chi connectivity index (χ2v) is 5.39. The molecule has 4 nitrogen and oxygen atoms in total. The van der Waals surface area contributed by atoms with E-state index in [0.717, 1.165) is 5.69 Å². The van der Waals surface area contributed by atoms with Gasteiger partial charge in [-0.15, -0.1) is 0 Å². The van der Waals surface area contributed by atoms with Crippen LogP contribution in [0.15, 0.2) is 24.3 Å². The minimum absolute atomic E-state index is 0.0278. The van der Waals surface area contributed by atoms with Crippen molar-refractivity contribution in [3.63, 3.8) is 0 Å². The number of rotatable bonds is 4. The van der Waals surface area contributed by atoms with Crippen LogP contribution in [0.3, 0.4) is 0 Å². The first-order valence-corrected chi connectivity index (χ1v) is 6.96. The van der Waals surface area contributed by atoms with Crippen LogP contribution in [0.4, 0.5) is 11.4 Å². The number of carbonyl (C=O) groups is 1. The number of amides is 1. The Morgan fingerprint density at radius 3 is 2.74 bits per heavy atom. The Balaban J connectivity index is 1.95. The average Bonchev–Trinajstić information content (AvgIpc) is 2.90. The van der Waals surface area contributed by atoms with Gasteiger partial charge < -0.3 is 11.1 Å². The van der Waals surface area contributed by atoms with E-state index < -0.39 is 0 Å². The molecule has 0 aromatic heterocycles. The van der Waals surface area contributed by atoms with Crippen molar-refractivity contribution in [2.24, 2.45) is 0 Å². The van der Waals surface area contributed by atoms with Gasteiger partial charge in [0, 0.05) is 17.4 Å². The van der Waals surface area contributed by atoms with Crippen molar-refractivity contribution in [3.05, 3.63) is 24.3 Å². The van der Waals surface area contributed by atoms with Crippen molar-refractivity contribution in [2.75, 3.05) is 18.1 Å². The van der Waals surface area contributed by atoms with Crippen LogP contribution in [0.1, 0.15) is 32.6 Å². The standard InChI is InChI=1S/C15H23N3O/c1-11(18(2)14-8-3-4-9-14)15(19)17-13-7-5-6-12(16)10-13/h5-7,10-11,14H,3-4,8-9,16H2,1-2H3,(H,17,19). The third kappa shape index (κ3) is 3.47. The Hall–Kier alpha value is -1.55. The summed E-state index contributed by atoms with van der Waals surface area (Å²) in [5, 5.41) is 2.93. The van der Waals surface area contributed by atoms with E-state index in [1.54, 1.807) is 6.07 Å². The Bertz CT molecular complexity index is 441. The molecule has 1 aliphatic rings. The zero-order valence-corrected chi connectivity index (χ0v) is 11.7. The van der Waals surface area contributed by atoms with Crippen LogP contribution in [0, 0.1) is 0 Å². The Labute approximate surface area is 115 Å². The molecule has 1 amide bonds. The smallest absolute Gasteiger partial charge is 0.241 e. The molecule has 1 aromatic rings. The molecule has 0 saturated heterocycles. The second kappa shape index (κ2) is 6.06. The molecule has 0 heterocycles. The number of nitrogen functional groups attached to an aromatic ring is 1. The molecule has 0 radical (unpaired) electrons. The highest BCUT2D eigenvalue weighted by Gasteiger charge is 2.27. The Morgan fingerprint density at radius 2 is 2.11 bits per heavy atom. The van der Waals surface area contributed by atoms with Gasteiger partial charge in [-0.3, -0.25) is 9.69 Å². The van der Waals surface area contributed by atoms with Crippen LogP contribution in [0.2, 0.25) is 0 Å². The Kier molecular flexibility index (Phi) is 4.43. The SMILES string of the molecule is CC(C(=O)Nc1cccc(N)c1)N(C)C1CCCC1. The first kappa shape index (κ1) is 13.9. The first-order valence-electron chi connectivity index (χ1n) is 6.96. The number of benzene rings is 1. The van der Waals surface area contributed by atoms with Gasteiger partial charge in [0.2, 0.25) is 5.91 Å². The van der Waals surface area contributed by atoms with E-state index >= 15 is 0 Å². The number of nitrogens with one attached hydrogen (secondary N) is 1. The lowest BCUT2D eigenvalue weighted by Gasteiger charge is -2.29. The summed E-state index contributed by atoms with van der Waals surface area (Å²) >= 11 is 0. The summed E-state index contributed by atoms with van der Waals surface area (Å²) in [7, 11) is 2.04. The third-order valence-corrected chi connectivity index (χ3v) is 4.05. The number of hydrogen-bond donors (Lipinski definition) is 2. The van der Waals surface area contributed by atoms with Crippen LogP contribution in [-0.2, 0) is 4.79 Å². The van der Waals surface area contributed by atoms with Gasteiger partial charge in [-0.05, 0) is 45.0 Å². The number of nitrogens with two attached hydrogens (primary N) is 1. The van der Waals surface area contributed by atoms with Gasteiger partial charge >= 0.3 is 0 Å². The van der Waals surface area contributed by atoms with Gasteiger partial charge in [-0.1, -0.05) is 18.9 Å². The molecule has 19 heavy (non-hydrogen) atoms. The predicted octanol–water partition coefficient (Wildman–Crippen LogP) is 2.47. The fourth-order valence-electron chi connectivity index (χ4n) is 2.68. The van der Waals surface area contributed by atoms with Crippen molar-refractivity contribution in [2.45, 2.75) is 44.7 Å². The van der Waals surface area contributed by atoms with E-state index in [1.807, 2.05) is 32.2 Å². The van der Waals surface area contributed by atoms with Gasteiger partial charge in [0.05, 0.1) is 6.04 Å². The van der Waals surface area contributed by atoms with E-state index in [9.17, 15) is 4.79 Å². The van der Waals surface area contributed by atoms with E-state index in [1.165, 1.54) is 25.7 Å².